The van der Waals surface area contributed by atoms with Crippen LogP contribution in [-0.2, 0) is 13.0 Å². The molecule has 3 heterocycles. The van der Waals surface area contributed by atoms with Gasteiger partial charge in [0.25, 0.3) is 5.91 Å². The number of carbonyl (C=O) groups is 1. The number of para-hydroxylation sites is 1. The number of amides is 1. The van der Waals surface area contributed by atoms with E-state index >= 15 is 0 Å². The molecule has 2 aliphatic heterocycles. The molecule has 0 bridgehead atoms. The molecule has 1 aromatic heterocycles. The molecule has 2 aromatic rings. The van der Waals surface area contributed by atoms with Crippen molar-refractivity contribution < 1.29 is 4.79 Å². The molecule has 0 aliphatic carbocycles. The number of piperidine rings is 1. The van der Waals surface area contributed by atoms with Gasteiger partial charge in [-0.25, -0.2) is 0 Å². The molecule has 4 rings (SSSR count). The second kappa shape index (κ2) is 6.95. The van der Waals surface area contributed by atoms with Gasteiger partial charge in [-0.1, -0.05) is 18.2 Å². The third kappa shape index (κ3) is 3.32. The molecule has 1 saturated heterocycles. The number of rotatable bonds is 4. The van der Waals surface area contributed by atoms with Crippen LogP contribution >= 0.6 is 11.3 Å². The first kappa shape index (κ1) is 15.7. The first-order chi connectivity index (χ1) is 11.8. The van der Waals surface area contributed by atoms with Crippen LogP contribution < -0.4 is 10.6 Å². The molecular formula is C19H23N3OS. The number of carbonyl (C=O) groups excluding carboxylic acids is 1. The first-order valence-corrected chi connectivity index (χ1v) is 9.64. The van der Waals surface area contributed by atoms with Gasteiger partial charge < -0.3 is 10.6 Å². The lowest BCUT2D eigenvalue weighted by Gasteiger charge is -2.32. The molecule has 1 aromatic carbocycles. The summed E-state index contributed by atoms with van der Waals surface area (Å²) in [4.78, 5) is 14.7. The van der Waals surface area contributed by atoms with Gasteiger partial charge in [0.15, 0.2) is 0 Å². The molecule has 1 fully saturated rings. The maximum absolute atomic E-state index is 12.1. The second-order valence-corrected chi connectivity index (χ2v) is 7.44. The van der Waals surface area contributed by atoms with Gasteiger partial charge in [-0.15, -0.1) is 0 Å². The Morgan fingerprint density at radius 1 is 1.29 bits per heavy atom. The molecule has 24 heavy (non-hydrogen) atoms. The maximum atomic E-state index is 12.1. The van der Waals surface area contributed by atoms with Crippen molar-refractivity contribution in [1.29, 1.82) is 0 Å². The van der Waals surface area contributed by atoms with Crippen LogP contribution in [0.4, 0.5) is 5.69 Å². The predicted octanol–water partition coefficient (Wildman–Crippen LogP) is 3.11. The third-order valence-electron chi connectivity index (χ3n) is 5.03. The predicted molar refractivity (Wildman–Crippen MR) is 98.7 cm³/mol. The smallest absolute Gasteiger partial charge is 0.252 e. The van der Waals surface area contributed by atoms with E-state index < -0.39 is 0 Å². The molecule has 0 unspecified atom stereocenters. The van der Waals surface area contributed by atoms with Gasteiger partial charge >= 0.3 is 0 Å². The highest BCUT2D eigenvalue weighted by atomic mass is 32.1. The van der Waals surface area contributed by atoms with Crippen LogP contribution in [0.1, 0.15) is 34.3 Å². The third-order valence-corrected chi connectivity index (χ3v) is 5.72. The summed E-state index contributed by atoms with van der Waals surface area (Å²) in [6.07, 6.45) is 3.19. The summed E-state index contributed by atoms with van der Waals surface area (Å²) in [5.41, 5.74) is 5.00. The van der Waals surface area contributed by atoms with E-state index in [0.29, 0.717) is 6.04 Å². The Kier molecular flexibility index (Phi) is 4.54. The highest BCUT2D eigenvalue weighted by Crippen LogP contribution is 2.28. The van der Waals surface area contributed by atoms with Crippen molar-refractivity contribution in [1.82, 2.24) is 10.2 Å². The van der Waals surface area contributed by atoms with Gasteiger partial charge in [0.05, 0.1) is 0 Å². The average molecular weight is 341 g/mol. The minimum absolute atomic E-state index is 0.0692. The van der Waals surface area contributed by atoms with E-state index in [2.05, 4.69) is 33.7 Å². The quantitative estimate of drug-likeness (QED) is 0.898. The van der Waals surface area contributed by atoms with Crippen molar-refractivity contribution in [3.05, 3.63) is 51.7 Å². The summed E-state index contributed by atoms with van der Waals surface area (Å²) in [7, 11) is 0. The fourth-order valence-electron chi connectivity index (χ4n) is 3.68. The van der Waals surface area contributed by atoms with Crippen molar-refractivity contribution in [2.75, 3.05) is 25.0 Å². The van der Waals surface area contributed by atoms with Crippen LogP contribution in [0.2, 0.25) is 0 Å². The van der Waals surface area contributed by atoms with E-state index in [9.17, 15) is 4.79 Å². The summed E-state index contributed by atoms with van der Waals surface area (Å²) >= 11 is 1.57. The SMILES string of the molecule is O=C(NC1CCN(Cc2cccc3c2NCC3)CC1)c1ccsc1. The fourth-order valence-corrected chi connectivity index (χ4v) is 4.32. The number of benzene rings is 1. The number of nitrogens with one attached hydrogen (secondary N) is 2. The number of likely N-dealkylation sites (tertiary alicyclic amines) is 1. The maximum Gasteiger partial charge on any atom is 0.252 e. The highest BCUT2D eigenvalue weighted by molar-refractivity contribution is 7.08. The van der Waals surface area contributed by atoms with Gasteiger partial charge in [0, 0.05) is 48.9 Å². The Morgan fingerprint density at radius 3 is 2.96 bits per heavy atom. The van der Waals surface area contributed by atoms with E-state index in [4.69, 9.17) is 0 Å². The van der Waals surface area contributed by atoms with Crippen LogP contribution in [-0.4, -0.2) is 36.5 Å². The number of thiophene rings is 1. The van der Waals surface area contributed by atoms with Crippen LogP contribution in [0.15, 0.2) is 35.0 Å². The Bertz CT molecular complexity index is 705. The van der Waals surface area contributed by atoms with Gasteiger partial charge in [-0.2, -0.15) is 11.3 Å². The number of anilines is 1. The van der Waals surface area contributed by atoms with Crippen LogP contribution in [0.5, 0.6) is 0 Å². The molecule has 126 valence electrons. The topological polar surface area (TPSA) is 44.4 Å². The first-order valence-electron chi connectivity index (χ1n) is 8.69. The Labute approximate surface area is 146 Å². The lowest BCUT2D eigenvalue weighted by molar-refractivity contribution is 0.0909. The van der Waals surface area contributed by atoms with E-state index in [1.807, 2.05) is 16.8 Å². The summed E-state index contributed by atoms with van der Waals surface area (Å²) in [6, 6.07) is 8.83. The highest BCUT2D eigenvalue weighted by Gasteiger charge is 2.23. The van der Waals surface area contributed by atoms with Gasteiger partial charge in [-0.05, 0) is 41.8 Å². The number of nitrogens with zero attached hydrogens (tertiary/aromatic N) is 1. The molecule has 1 amide bonds. The van der Waals surface area contributed by atoms with E-state index in [0.717, 1.165) is 51.0 Å². The molecular weight excluding hydrogens is 318 g/mol. The van der Waals surface area contributed by atoms with Gasteiger partial charge in [-0.3, -0.25) is 9.69 Å². The van der Waals surface area contributed by atoms with Crippen molar-refractivity contribution in [2.45, 2.75) is 31.8 Å². The van der Waals surface area contributed by atoms with Crippen molar-refractivity contribution in [3.63, 3.8) is 0 Å². The fraction of sp³-hybridized carbons (Fsp3) is 0.421. The normalized spacial score (nSPS) is 18.2. The molecule has 2 N–H and O–H groups in total. The molecule has 4 nitrogen and oxygen atoms in total. The van der Waals surface area contributed by atoms with E-state index in [1.165, 1.54) is 16.8 Å². The van der Waals surface area contributed by atoms with E-state index in [1.54, 1.807) is 11.3 Å². The lowest BCUT2D eigenvalue weighted by atomic mass is 10.0. The lowest BCUT2D eigenvalue weighted by Crippen LogP contribution is -2.44. The molecule has 0 spiro atoms. The molecule has 2 aliphatic rings. The zero-order valence-corrected chi connectivity index (χ0v) is 14.6. The Morgan fingerprint density at radius 2 is 2.17 bits per heavy atom. The summed E-state index contributed by atoms with van der Waals surface area (Å²) in [5.74, 6) is 0.0692. The van der Waals surface area contributed by atoms with Gasteiger partial charge in [0.2, 0.25) is 0 Å². The average Bonchev–Trinajstić information content (AvgIpc) is 3.28. The zero-order valence-electron chi connectivity index (χ0n) is 13.8. The number of hydrogen-bond donors (Lipinski definition) is 2. The second-order valence-electron chi connectivity index (χ2n) is 6.66. The number of fused-ring (bicyclic) bond motifs is 1. The monoisotopic (exact) mass is 341 g/mol. The van der Waals surface area contributed by atoms with Crippen molar-refractivity contribution >= 4 is 22.9 Å². The zero-order chi connectivity index (χ0) is 16.4. The van der Waals surface area contributed by atoms with Crippen LogP contribution in [0.3, 0.4) is 0 Å². The van der Waals surface area contributed by atoms with Crippen LogP contribution in [0, 0.1) is 0 Å². The molecule has 0 atom stereocenters. The Hall–Kier alpha value is -1.85. The Balaban J connectivity index is 1.31. The summed E-state index contributed by atoms with van der Waals surface area (Å²) < 4.78 is 0. The molecule has 5 heteroatoms. The summed E-state index contributed by atoms with van der Waals surface area (Å²) in [6.45, 7) is 4.14. The van der Waals surface area contributed by atoms with Crippen molar-refractivity contribution in [3.8, 4) is 0 Å². The standard InChI is InChI=1S/C19H23N3OS/c23-19(16-7-11-24-13-16)21-17-5-9-22(10-6-17)12-15-3-1-2-14-4-8-20-18(14)15/h1-3,7,11,13,17,20H,4-6,8-10,12H2,(H,21,23). The summed E-state index contributed by atoms with van der Waals surface area (Å²) in [5, 5.41) is 10.6. The van der Waals surface area contributed by atoms with E-state index in [-0.39, 0.29) is 5.91 Å². The van der Waals surface area contributed by atoms with Gasteiger partial charge in [0.1, 0.15) is 0 Å². The minimum Gasteiger partial charge on any atom is -0.384 e. The molecule has 0 radical (unpaired) electrons. The molecule has 0 saturated carbocycles. The minimum atomic E-state index is 0.0692. The largest absolute Gasteiger partial charge is 0.384 e. The van der Waals surface area contributed by atoms with Crippen LogP contribution in [0.25, 0.3) is 0 Å². The van der Waals surface area contributed by atoms with Crippen molar-refractivity contribution in [2.24, 2.45) is 0 Å². The number of hydrogen-bond acceptors (Lipinski definition) is 4.